The van der Waals surface area contributed by atoms with Crippen molar-refractivity contribution in [3.63, 3.8) is 0 Å². The van der Waals surface area contributed by atoms with E-state index in [1.54, 1.807) is 13.2 Å². The predicted molar refractivity (Wildman–Crippen MR) is 116 cm³/mol. The number of hydrogen-bond acceptors (Lipinski definition) is 5. The largest absolute Gasteiger partial charge is 0.496 e. The number of benzene rings is 2. The Kier molecular flexibility index (Phi) is 6.06. The normalized spacial score (nSPS) is 15.8. The fraction of sp³-hybridized carbons (Fsp3) is 0.304. The molecule has 0 spiro atoms. The zero-order valence-electron chi connectivity index (χ0n) is 17.0. The summed E-state index contributed by atoms with van der Waals surface area (Å²) in [5.74, 6) is 1.07. The highest BCUT2D eigenvalue weighted by Gasteiger charge is 2.28. The summed E-state index contributed by atoms with van der Waals surface area (Å²) in [6, 6.07) is 17.3. The molecule has 1 amide bonds. The molecule has 2 aromatic carbocycles. The summed E-state index contributed by atoms with van der Waals surface area (Å²) in [7, 11) is 1.60. The third-order valence-corrected chi connectivity index (χ3v) is 5.95. The van der Waals surface area contributed by atoms with Crippen LogP contribution in [-0.4, -0.2) is 54.2 Å². The molecule has 1 aromatic heterocycles. The standard InChI is InChI=1S/C23H24ClN3O3/c1-16(17-7-3-5-9-19(17)24)26-11-13-27(14-12-26)23(28)20-15-22(30-25-20)18-8-4-6-10-21(18)29-2/h3-10,15-16H,11-14H2,1-2H3. The second-order valence-electron chi connectivity index (χ2n) is 7.30. The van der Waals surface area contributed by atoms with Gasteiger partial charge in [-0.3, -0.25) is 9.69 Å². The summed E-state index contributed by atoms with van der Waals surface area (Å²) in [6.07, 6.45) is 0. The number of ether oxygens (including phenoxy) is 1. The first-order valence-corrected chi connectivity index (χ1v) is 10.3. The number of para-hydroxylation sites is 1. The Balaban J connectivity index is 1.42. The molecule has 0 aliphatic carbocycles. The van der Waals surface area contributed by atoms with Gasteiger partial charge in [0.1, 0.15) is 5.75 Å². The van der Waals surface area contributed by atoms with Crippen LogP contribution in [0, 0.1) is 0 Å². The molecule has 1 fully saturated rings. The average Bonchev–Trinajstić information content (AvgIpc) is 3.28. The summed E-state index contributed by atoms with van der Waals surface area (Å²) >= 11 is 6.35. The third kappa shape index (κ3) is 4.06. The van der Waals surface area contributed by atoms with Gasteiger partial charge >= 0.3 is 0 Å². The molecule has 0 bridgehead atoms. The van der Waals surface area contributed by atoms with Crippen molar-refractivity contribution in [2.45, 2.75) is 13.0 Å². The minimum Gasteiger partial charge on any atom is -0.496 e. The lowest BCUT2D eigenvalue weighted by atomic mass is 10.1. The Hall–Kier alpha value is -2.83. The summed E-state index contributed by atoms with van der Waals surface area (Å²) < 4.78 is 10.8. The molecule has 1 atom stereocenters. The number of hydrogen-bond donors (Lipinski definition) is 0. The molecule has 1 aliphatic rings. The van der Waals surface area contributed by atoms with Gasteiger partial charge < -0.3 is 14.2 Å². The van der Waals surface area contributed by atoms with E-state index in [0.717, 1.165) is 29.2 Å². The molecule has 0 saturated carbocycles. The summed E-state index contributed by atoms with van der Waals surface area (Å²) in [6.45, 7) is 4.95. The van der Waals surface area contributed by atoms with Crippen LogP contribution in [0.5, 0.6) is 5.75 Å². The molecular weight excluding hydrogens is 402 g/mol. The molecule has 1 saturated heterocycles. The maximum Gasteiger partial charge on any atom is 0.276 e. The first kappa shape index (κ1) is 20.4. The van der Waals surface area contributed by atoms with Crippen molar-refractivity contribution in [2.75, 3.05) is 33.3 Å². The SMILES string of the molecule is COc1ccccc1-c1cc(C(=O)N2CCN(C(C)c3ccccc3Cl)CC2)no1. The molecule has 1 aliphatic heterocycles. The lowest BCUT2D eigenvalue weighted by Crippen LogP contribution is -2.49. The Labute approximate surface area is 181 Å². The number of aromatic nitrogens is 1. The van der Waals surface area contributed by atoms with Gasteiger partial charge in [0.25, 0.3) is 5.91 Å². The highest BCUT2D eigenvalue weighted by molar-refractivity contribution is 6.31. The maximum atomic E-state index is 12.9. The number of halogens is 1. The molecule has 1 unspecified atom stereocenters. The summed E-state index contributed by atoms with van der Waals surface area (Å²) in [5, 5.41) is 4.78. The van der Waals surface area contributed by atoms with Crippen molar-refractivity contribution in [3.8, 4) is 17.1 Å². The molecule has 0 N–H and O–H groups in total. The molecule has 6 nitrogen and oxygen atoms in total. The molecule has 4 rings (SSSR count). The van der Waals surface area contributed by atoms with Crippen LogP contribution in [0.25, 0.3) is 11.3 Å². The van der Waals surface area contributed by atoms with E-state index >= 15 is 0 Å². The van der Waals surface area contributed by atoms with Gasteiger partial charge in [-0.1, -0.05) is 47.1 Å². The Morgan fingerprint density at radius 3 is 2.53 bits per heavy atom. The highest BCUT2D eigenvalue weighted by atomic mass is 35.5. The summed E-state index contributed by atoms with van der Waals surface area (Å²) in [4.78, 5) is 17.1. The van der Waals surface area contributed by atoms with E-state index in [9.17, 15) is 4.79 Å². The van der Waals surface area contributed by atoms with Crippen molar-refractivity contribution in [1.29, 1.82) is 0 Å². The third-order valence-electron chi connectivity index (χ3n) is 5.61. The number of carbonyl (C=O) groups is 1. The lowest BCUT2D eigenvalue weighted by molar-refractivity contribution is 0.0573. The van der Waals surface area contributed by atoms with Gasteiger partial charge in [0, 0.05) is 43.3 Å². The van der Waals surface area contributed by atoms with Crippen LogP contribution in [0.15, 0.2) is 59.1 Å². The van der Waals surface area contributed by atoms with E-state index in [2.05, 4.69) is 23.0 Å². The van der Waals surface area contributed by atoms with Crippen molar-refractivity contribution in [1.82, 2.24) is 15.0 Å². The topological polar surface area (TPSA) is 58.8 Å². The maximum absolute atomic E-state index is 12.9. The number of piperazine rings is 1. The van der Waals surface area contributed by atoms with Crippen LogP contribution in [0.2, 0.25) is 5.02 Å². The Morgan fingerprint density at radius 1 is 1.10 bits per heavy atom. The van der Waals surface area contributed by atoms with Crippen molar-refractivity contribution in [2.24, 2.45) is 0 Å². The van der Waals surface area contributed by atoms with Crippen molar-refractivity contribution >= 4 is 17.5 Å². The van der Waals surface area contributed by atoms with Gasteiger partial charge in [-0.2, -0.15) is 0 Å². The first-order valence-electron chi connectivity index (χ1n) is 9.96. The van der Waals surface area contributed by atoms with E-state index in [0.29, 0.717) is 30.3 Å². The second-order valence-corrected chi connectivity index (χ2v) is 7.71. The van der Waals surface area contributed by atoms with Gasteiger partial charge in [-0.25, -0.2) is 0 Å². The number of methoxy groups -OCH3 is 1. The van der Waals surface area contributed by atoms with Crippen LogP contribution in [0.4, 0.5) is 0 Å². The molecule has 156 valence electrons. The molecule has 30 heavy (non-hydrogen) atoms. The number of nitrogens with zero attached hydrogens (tertiary/aromatic N) is 3. The minimum atomic E-state index is -0.120. The summed E-state index contributed by atoms with van der Waals surface area (Å²) in [5.41, 5.74) is 2.19. The number of rotatable bonds is 5. The fourth-order valence-corrected chi connectivity index (χ4v) is 4.13. The van der Waals surface area contributed by atoms with Crippen LogP contribution in [0.1, 0.15) is 29.0 Å². The first-order chi connectivity index (χ1) is 14.6. The van der Waals surface area contributed by atoms with Gasteiger partial charge in [-0.05, 0) is 30.7 Å². The van der Waals surface area contributed by atoms with Crippen molar-refractivity contribution in [3.05, 3.63) is 70.9 Å². The van der Waals surface area contributed by atoms with Crippen LogP contribution in [-0.2, 0) is 0 Å². The number of amides is 1. The molecular formula is C23H24ClN3O3. The fourth-order valence-electron chi connectivity index (χ4n) is 3.84. The smallest absolute Gasteiger partial charge is 0.276 e. The molecule has 2 heterocycles. The van der Waals surface area contributed by atoms with Gasteiger partial charge in [0.15, 0.2) is 11.5 Å². The second kappa shape index (κ2) is 8.90. The Bertz CT molecular complexity index is 1030. The monoisotopic (exact) mass is 425 g/mol. The van der Waals surface area contributed by atoms with Gasteiger partial charge in [0.2, 0.25) is 0 Å². The zero-order chi connectivity index (χ0) is 21.1. The highest BCUT2D eigenvalue weighted by Crippen LogP contribution is 2.31. The zero-order valence-corrected chi connectivity index (χ0v) is 17.8. The number of carbonyl (C=O) groups excluding carboxylic acids is 1. The molecule has 3 aromatic rings. The van der Waals surface area contributed by atoms with Crippen molar-refractivity contribution < 1.29 is 14.1 Å². The van der Waals surface area contributed by atoms with E-state index < -0.39 is 0 Å². The van der Waals surface area contributed by atoms with E-state index in [1.165, 1.54) is 0 Å². The average molecular weight is 426 g/mol. The predicted octanol–water partition coefficient (Wildman–Crippen LogP) is 4.52. The van der Waals surface area contributed by atoms with Gasteiger partial charge in [0.05, 0.1) is 12.7 Å². The Morgan fingerprint density at radius 2 is 1.80 bits per heavy atom. The lowest BCUT2D eigenvalue weighted by Gasteiger charge is -2.38. The molecule has 0 radical (unpaired) electrons. The van der Waals surface area contributed by atoms with E-state index in [4.69, 9.17) is 20.9 Å². The molecule has 7 heteroatoms. The quantitative estimate of drug-likeness (QED) is 0.601. The van der Waals surface area contributed by atoms with Crippen LogP contribution in [0.3, 0.4) is 0 Å². The van der Waals surface area contributed by atoms with E-state index in [1.807, 2.05) is 47.4 Å². The van der Waals surface area contributed by atoms with Gasteiger partial charge in [-0.15, -0.1) is 0 Å². The minimum absolute atomic E-state index is 0.120. The van der Waals surface area contributed by atoms with E-state index in [-0.39, 0.29) is 11.9 Å². The van der Waals surface area contributed by atoms with Crippen LogP contribution >= 0.6 is 11.6 Å². The van der Waals surface area contributed by atoms with Crippen LogP contribution < -0.4 is 4.74 Å².